The van der Waals surface area contributed by atoms with Gasteiger partial charge in [-0.05, 0) is 30.7 Å². The first-order valence-electron chi connectivity index (χ1n) is 13.1. The number of likely N-dealkylation sites (tertiary alicyclic amines) is 1. The van der Waals surface area contributed by atoms with Gasteiger partial charge in [0.05, 0.1) is 29.2 Å². The van der Waals surface area contributed by atoms with Gasteiger partial charge in [-0.3, -0.25) is 14.4 Å². The fraction of sp³-hybridized carbons (Fsp3) is 0.667. The number of fused-ring (bicyclic) bond motifs is 1. The summed E-state index contributed by atoms with van der Waals surface area (Å²) in [5, 5.41) is 16.5. The molecule has 0 aliphatic carbocycles. The van der Waals surface area contributed by atoms with Crippen LogP contribution in [0.5, 0.6) is 0 Å². The van der Waals surface area contributed by atoms with E-state index in [1.54, 1.807) is 16.7 Å². The number of aliphatic hydroxyl groups is 1. The first-order valence-corrected chi connectivity index (χ1v) is 14.0. The van der Waals surface area contributed by atoms with Gasteiger partial charge in [-0.25, -0.2) is 0 Å². The predicted molar refractivity (Wildman–Crippen MR) is 137 cm³/mol. The minimum atomic E-state index is -0.662. The second-order valence-corrected chi connectivity index (χ2v) is 11.9. The van der Waals surface area contributed by atoms with Gasteiger partial charge < -0.3 is 20.6 Å². The molecule has 7 atom stereocenters. The quantitative estimate of drug-likeness (QED) is 0.405. The summed E-state index contributed by atoms with van der Waals surface area (Å²) in [5.74, 6) is -1.36. The van der Waals surface area contributed by atoms with Crippen molar-refractivity contribution in [3.05, 3.63) is 35.9 Å². The van der Waals surface area contributed by atoms with Crippen LogP contribution in [0, 0.1) is 17.8 Å². The van der Waals surface area contributed by atoms with E-state index in [4.69, 9.17) is 0 Å². The Kier molecular flexibility index (Phi) is 8.11. The number of nitrogens with zero attached hydrogens (tertiary/aromatic N) is 1. The van der Waals surface area contributed by atoms with Crippen molar-refractivity contribution in [3.8, 4) is 0 Å². The molecule has 0 saturated carbocycles. The maximum atomic E-state index is 14.1. The van der Waals surface area contributed by atoms with Crippen LogP contribution < -0.4 is 10.6 Å². The maximum absolute atomic E-state index is 14.1. The van der Waals surface area contributed by atoms with Gasteiger partial charge in [-0.1, -0.05) is 63.9 Å². The molecule has 4 rings (SSSR count). The van der Waals surface area contributed by atoms with E-state index in [0.717, 1.165) is 37.7 Å². The van der Waals surface area contributed by atoms with Crippen LogP contribution in [-0.2, 0) is 20.9 Å². The van der Waals surface area contributed by atoms with Crippen molar-refractivity contribution in [1.29, 1.82) is 0 Å². The number of unbranched alkanes of at least 4 members (excludes halogenated alkanes) is 1. The molecule has 3 amide bonds. The van der Waals surface area contributed by atoms with Gasteiger partial charge in [0, 0.05) is 18.3 Å². The van der Waals surface area contributed by atoms with Crippen molar-refractivity contribution in [1.82, 2.24) is 15.5 Å². The van der Waals surface area contributed by atoms with Crippen LogP contribution in [-0.4, -0.2) is 63.0 Å². The lowest BCUT2D eigenvalue weighted by atomic mass is 9.70. The van der Waals surface area contributed by atoms with Crippen LogP contribution >= 0.6 is 11.8 Å². The molecule has 0 radical (unpaired) electrons. The molecule has 3 aliphatic heterocycles. The van der Waals surface area contributed by atoms with Crippen LogP contribution in [0.4, 0.5) is 0 Å². The summed E-state index contributed by atoms with van der Waals surface area (Å²) >= 11 is 1.67. The van der Waals surface area contributed by atoms with Gasteiger partial charge in [-0.15, -0.1) is 11.8 Å². The van der Waals surface area contributed by atoms with Crippen molar-refractivity contribution >= 4 is 29.5 Å². The van der Waals surface area contributed by atoms with E-state index in [0.29, 0.717) is 13.1 Å². The zero-order valence-electron chi connectivity index (χ0n) is 21.0. The van der Waals surface area contributed by atoms with E-state index in [2.05, 4.69) is 17.6 Å². The molecule has 3 saturated heterocycles. The summed E-state index contributed by atoms with van der Waals surface area (Å²) in [7, 11) is 0. The molecule has 8 heteroatoms. The number of hydrogen-bond acceptors (Lipinski definition) is 5. The molecule has 7 nitrogen and oxygen atoms in total. The van der Waals surface area contributed by atoms with Gasteiger partial charge in [0.2, 0.25) is 17.7 Å². The molecule has 0 aromatic heterocycles. The minimum absolute atomic E-state index is 0.0315. The highest BCUT2D eigenvalue weighted by molar-refractivity contribution is 8.02. The summed E-state index contributed by atoms with van der Waals surface area (Å²) in [6.45, 7) is 6.91. The van der Waals surface area contributed by atoms with Crippen molar-refractivity contribution in [2.45, 2.75) is 81.5 Å². The lowest BCUT2D eigenvalue weighted by molar-refractivity contribution is -0.144. The third-order valence-corrected chi connectivity index (χ3v) is 10.2. The third-order valence-electron chi connectivity index (χ3n) is 8.27. The predicted octanol–water partition coefficient (Wildman–Crippen LogP) is 2.72. The molecule has 3 heterocycles. The number of nitrogens with one attached hydrogen (secondary N) is 2. The SMILES string of the molecule is CCCCNC(=O)C1N([C@@H](CO)[C@@H](C)CC)C(=O)[C@@H]2[C@H](C(=O)NCc3ccccc3)[C@@H]3CCC12S3. The third kappa shape index (κ3) is 4.59. The molecule has 2 unspecified atom stereocenters. The largest absolute Gasteiger partial charge is 0.394 e. The van der Waals surface area contributed by atoms with Gasteiger partial charge in [0.1, 0.15) is 6.04 Å². The van der Waals surface area contributed by atoms with Crippen molar-refractivity contribution < 1.29 is 19.5 Å². The lowest BCUT2D eigenvalue weighted by Gasteiger charge is -2.39. The molecule has 35 heavy (non-hydrogen) atoms. The van der Waals surface area contributed by atoms with Gasteiger partial charge in [0.15, 0.2) is 0 Å². The van der Waals surface area contributed by atoms with Crippen LogP contribution in [0.2, 0.25) is 0 Å². The number of aliphatic hydroxyl groups excluding tert-OH is 1. The smallest absolute Gasteiger partial charge is 0.244 e. The Labute approximate surface area is 212 Å². The Morgan fingerprint density at radius 2 is 1.94 bits per heavy atom. The average molecular weight is 502 g/mol. The first-order chi connectivity index (χ1) is 16.9. The highest BCUT2D eigenvalue weighted by Crippen LogP contribution is 2.66. The Hall–Kier alpha value is -2.06. The number of amides is 3. The highest BCUT2D eigenvalue weighted by atomic mass is 32.2. The summed E-state index contributed by atoms with van der Waals surface area (Å²) < 4.78 is -0.617. The van der Waals surface area contributed by atoms with Gasteiger partial charge >= 0.3 is 0 Å². The van der Waals surface area contributed by atoms with Crippen molar-refractivity contribution in [2.75, 3.05) is 13.2 Å². The molecule has 1 spiro atoms. The molecule has 2 bridgehead atoms. The van der Waals surface area contributed by atoms with Crippen LogP contribution in [0.25, 0.3) is 0 Å². The Bertz CT molecular complexity index is 928. The lowest BCUT2D eigenvalue weighted by Crippen LogP contribution is -2.57. The second-order valence-electron chi connectivity index (χ2n) is 10.3. The van der Waals surface area contributed by atoms with Crippen LogP contribution in [0.15, 0.2) is 30.3 Å². The Morgan fingerprint density at radius 1 is 1.20 bits per heavy atom. The van der Waals surface area contributed by atoms with E-state index in [9.17, 15) is 19.5 Å². The summed E-state index contributed by atoms with van der Waals surface area (Å²) in [5.41, 5.74) is 1.01. The number of rotatable bonds is 11. The topological polar surface area (TPSA) is 98.7 Å². The number of thioether (sulfide) groups is 1. The molecule has 192 valence electrons. The van der Waals surface area contributed by atoms with E-state index in [1.165, 1.54) is 0 Å². The Balaban J connectivity index is 1.64. The average Bonchev–Trinajstić information content (AvgIpc) is 3.51. The number of benzene rings is 1. The highest BCUT2D eigenvalue weighted by Gasteiger charge is 2.74. The maximum Gasteiger partial charge on any atom is 0.244 e. The number of hydrogen-bond donors (Lipinski definition) is 3. The van der Waals surface area contributed by atoms with Gasteiger partial charge in [0.25, 0.3) is 0 Å². The number of carbonyl (C=O) groups is 3. The van der Waals surface area contributed by atoms with Crippen LogP contribution in [0.3, 0.4) is 0 Å². The first kappa shape index (κ1) is 26.0. The summed E-state index contributed by atoms with van der Waals surface area (Å²) in [4.78, 5) is 42.8. The molecular formula is C27H39N3O4S. The van der Waals surface area contributed by atoms with E-state index >= 15 is 0 Å². The standard InChI is InChI=1S/C27H39N3O4S/c1-4-6-14-28-25(33)23-27-13-12-20(35-27)21(24(32)29-15-18-10-8-7-9-11-18)22(27)26(34)30(23)19(16-31)17(3)5-2/h7-11,17,19-23,31H,4-6,12-16H2,1-3H3,(H,28,33)(H,29,32)/t17-,19-,20-,21+,22-,23?,27?/m0/s1. The second kappa shape index (κ2) is 10.9. The summed E-state index contributed by atoms with van der Waals surface area (Å²) in [6.07, 6.45) is 4.18. The number of carbonyl (C=O) groups excluding carboxylic acids is 3. The van der Waals surface area contributed by atoms with Crippen molar-refractivity contribution in [2.24, 2.45) is 17.8 Å². The van der Waals surface area contributed by atoms with E-state index < -0.39 is 28.7 Å². The zero-order chi connectivity index (χ0) is 25.2. The van der Waals surface area contributed by atoms with E-state index in [-0.39, 0.29) is 35.5 Å². The molecule has 1 aromatic rings. The van der Waals surface area contributed by atoms with Crippen molar-refractivity contribution in [3.63, 3.8) is 0 Å². The zero-order valence-corrected chi connectivity index (χ0v) is 21.9. The fourth-order valence-corrected chi connectivity index (χ4v) is 8.46. The van der Waals surface area contributed by atoms with E-state index in [1.807, 2.05) is 44.2 Å². The summed E-state index contributed by atoms with van der Waals surface area (Å²) in [6, 6.07) is 8.64. The fourth-order valence-electron chi connectivity index (χ4n) is 6.25. The van der Waals surface area contributed by atoms with Gasteiger partial charge in [-0.2, -0.15) is 0 Å². The molecule has 3 N–H and O–H groups in total. The van der Waals surface area contributed by atoms with Crippen LogP contribution in [0.1, 0.15) is 58.4 Å². The molecule has 3 fully saturated rings. The molecule has 1 aromatic carbocycles. The Morgan fingerprint density at radius 3 is 2.60 bits per heavy atom. The monoisotopic (exact) mass is 501 g/mol. The molecular weight excluding hydrogens is 462 g/mol. The minimum Gasteiger partial charge on any atom is -0.394 e. The molecule has 3 aliphatic rings. The normalized spacial score (nSPS) is 30.7.